The van der Waals surface area contributed by atoms with Crippen LogP contribution in [0.5, 0.6) is 5.75 Å². The molecule has 4 heteroatoms. The number of rotatable bonds is 3. The molecule has 0 saturated carbocycles. The molecular formula is C13H11BrFNO. The second-order valence-corrected chi connectivity index (χ2v) is 4.52. The Hall–Kier alpha value is -1.55. The van der Waals surface area contributed by atoms with Crippen molar-refractivity contribution in [3.63, 3.8) is 0 Å². The second-order valence-electron chi connectivity index (χ2n) is 3.60. The Morgan fingerprint density at radius 1 is 1.18 bits per heavy atom. The molecular weight excluding hydrogens is 285 g/mol. The zero-order chi connectivity index (χ0) is 12.3. The fourth-order valence-corrected chi connectivity index (χ4v) is 1.87. The minimum absolute atomic E-state index is 0.354. The SMILES string of the molecule is Nc1ccc(F)cc1OCc1cccc(Br)c1. The number of nitrogens with two attached hydrogens (primary N) is 1. The minimum atomic E-state index is -0.358. The molecule has 2 rings (SSSR count). The van der Waals surface area contributed by atoms with Gasteiger partial charge >= 0.3 is 0 Å². The quantitative estimate of drug-likeness (QED) is 0.875. The Balaban J connectivity index is 2.09. The van der Waals surface area contributed by atoms with Crippen molar-refractivity contribution in [2.75, 3.05) is 5.73 Å². The topological polar surface area (TPSA) is 35.2 Å². The molecule has 0 heterocycles. The first-order valence-corrected chi connectivity index (χ1v) is 5.87. The van der Waals surface area contributed by atoms with Gasteiger partial charge in [-0.15, -0.1) is 0 Å². The second kappa shape index (κ2) is 5.19. The van der Waals surface area contributed by atoms with Crippen LogP contribution >= 0.6 is 15.9 Å². The molecule has 0 spiro atoms. The number of hydrogen-bond donors (Lipinski definition) is 1. The highest BCUT2D eigenvalue weighted by Crippen LogP contribution is 2.23. The Bertz CT molecular complexity index is 531. The van der Waals surface area contributed by atoms with Gasteiger partial charge in [0.25, 0.3) is 0 Å². The van der Waals surface area contributed by atoms with E-state index in [4.69, 9.17) is 10.5 Å². The van der Waals surface area contributed by atoms with E-state index < -0.39 is 0 Å². The molecule has 0 aromatic heterocycles. The summed E-state index contributed by atoms with van der Waals surface area (Å²) in [5.41, 5.74) is 7.10. The lowest BCUT2D eigenvalue weighted by molar-refractivity contribution is 0.306. The number of benzene rings is 2. The lowest BCUT2D eigenvalue weighted by Gasteiger charge is -2.09. The van der Waals surface area contributed by atoms with Crippen LogP contribution in [0.3, 0.4) is 0 Å². The van der Waals surface area contributed by atoms with E-state index in [1.54, 1.807) is 0 Å². The molecule has 0 aliphatic heterocycles. The summed E-state index contributed by atoms with van der Waals surface area (Å²) >= 11 is 3.37. The molecule has 2 aromatic rings. The van der Waals surface area contributed by atoms with Crippen LogP contribution in [-0.2, 0) is 6.61 Å². The number of halogens is 2. The van der Waals surface area contributed by atoms with Gasteiger partial charge in [-0.25, -0.2) is 4.39 Å². The maximum absolute atomic E-state index is 13.0. The van der Waals surface area contributed by atoms with E-state index in [1.165, 1.54) is 18.2 Å². The molecule has 0 bridgehead atoms. The summed E-state index contributed by atoms with van der Waals surface area (Å²) in [5.74, 6) is 0.00779. The predicted molar refractivity (Wildman–Crippen MR) is 69.3 cm³/mol. The van der Waals surface area contributed by atoms with E-state index in [2.05, 4.69) is 15.9 Å². The van der Waals surface area contributed by atoms with Gasteiger partial charge in [0, 0.05) is 10.5 Å². The minimum Gasteiger partial charge on any atom is -0.487 e. The molecule has 0 unspecified atom stereocenters. The van der Waals surface area contributed by atoms with Crippen LogP contribution in [0.1, 0.15) is 5.56 Å². The monoisotopic (exact) mass is 295 g/mol. The predicted octanol–water partition coefficient (Wildman–Crippen LogP) is 3.75. The Kier molecular flexibility index (Phi) is 3.64. The van der Waals surface area contributed by atoms with E-state index in [-0.39, 0.29) is 5.82 Å². The maximum atomic E-state index is 13.0. The summed E-state index contributed by atoms with van der Waals surface area (Å²) in [4.78, 5) is 0. The molecule has 2 nitrogen and oxygen atoms in total. The first-order chi connectivity index (χ1) is 8.15. The zero-order valence-electron chi connectivity index (χ0n) is 8.99. The largest absolute Gasteiger partial charge is 0.487 e. The third-order valence-electron chi connectivity index (χ3n) is 2.26. The number of anilines is 1. The van der Waals surface area contributed by atoms with Crippen molar-refractivity contribution in [3.05, 3.63) is 58.3 Å². The average molecular weight is 296 g/mol. The first kappa shape index (κ1) is 11.9. The fraction of sp³-hybridized carbons (Fsp3) is 0.0769. The Labute approximate surface area is 107 Å². The molecule has 0 saturated heterocycles. The summed E-state index contributed by atoms with van der Waals surface area (Å²) in [5, 5.41) is 0. The summed E-state index contributed by atoms with van der Waals surface area (Å²) in [7, 11) is 0. The lowest BCUT2D eigenvalue weighted by Crippen LogP contribution is -1.99. The molecule has 0 radical (unpaired) electrons. The van der Waals surface area contributed by atoms with Gasteiger partial charge in [-0.3, -0.25) is 0 Å². The molecule has 0 aliphatic carbocycles. The molecule has 0 fully saturated rings. The third-order valence-corrected chi connectivity index (χ3v) is 2.75. The molecule has 2 N–H and O–H groups in total. The van der Waals surface area contributed by atoms with Gasteiger partial charge in [0.15, 0.2) is 0 Å². The van der Waals surface area contributed by atoms with Crippen LogP contribution in [0.15, 0.2) is 46.9 Å². The average Bonchev–Trinajstić information content (AvgIpc) is 2.30. The van der Waals surface area contributed by atoms with Gasteiger partial charge in [-0.2, -0.15) is 0 Å². The third kappa shape index (κ3) is 3.20. The van der Waals surface area contributed by atoms with Gasteiger partial charge in [0.1, 0.15) is 18.2 Å². The van der Waals surface area contributed by atoms with Gasteiger partial charge in [-0.1, -0.05) is 28.1 Å². The molecule has 0 atom stereocenters. The van der Waals surface area contributed by atoms with Crippen LogP contribution < -0.4 is 10.5 Å². The zero-order valence-corrected chi connectivity index (χ0v) is 10.6. The van der Waals surface area contributed by atoms with Crippen molar-refractivity contribution in [2.45, 2.75) is 6.61 Å². The highest BCUT2D eigenvalue weighted by Gasteiger charge is 2.03. The van der Waals surface area contributed by atoms with Crippen LogP contribution in [0.2, 0.25) is 0 Å². The normalized spacial score (nSPS) is 10.2. The van der Waals surface area contributed by atoms with E-state index in [1.807, 2.05) is 24.3 Å². The number of hydrogen-bond acceptors (Lipinski definition) is 2. The Morgan fingerprint density at radius 2 is 2.00 bits per heavy atom. The highest BCUT2D eigenvalue weighted by atomic mass is 79.9. The molecule has 2 aromatic carbocycles. The van der Waals surface area contributed by atoms with E-state index in [0.29, 0.717) is 18.0 Å². The maximum Gasteiger partial charge on any atom is 0.145 e. The number of nitrogen functional groups attached to an aromatic ring is 1. The first-order valence-electron chi connectivity index (χ1n) is 5.07. The van der Waals surface area contributed by atoms with Crippen LogP contribution in [0.25, 0.3) is 0 Å². The van der Waals surface area contributed by atoms with Crippen molar-refractivity contribution in [1.29, 1.82) is 0 Å². The molecule has 17 heavy (non-hydrogen) atoms. The summed E-state index contributed by atoms with van der Waals surface area (Å²) in [6.45, 7) is 0.354. The number of ether oxygens (including phenoxy) is 1. The molecule has 0 aliphatic rings. The van der Waals surface area contributed by atoms with Gasteiger partial charge in [0.05, 0.1) is 5.69 Å². The van der Waals surface area contributed by atoms with E-state index >= 15 is 0 Å². The van der Waals surface area contributed by atoms with Crippen LogP contribution in [0.4, 0.5) is 10.1 Å². The summed E-state index contributed by atoms with van der Waals surface area (Å²) in [6, 6.07) is 11.8. The summed E-state index contributed by atoms with van der Waals surface area (Å²) < 4.78 is 19.4. The van der Waals surface area contributed by atoms with Crippen LogP contribution in [0, 0.1) is 5.82 Å². The fourth-order valence-electron chi connectivity index (χ4n) is 1.42. The lowest BCUT2D eigenvalue weighted by atomic mass is 10.2. The van der Waals surface area contributed by atoms with Crippen molar-refractivity contribution >= 4 is 21.6 Å². The van der Waals surface area contributed by atoms with Crippen molar-refractivity contribution < 1.29 is 9.13 Å². The van der Waals surface area contributed by atoms with Crippen molar-refractivity contribution in [1.82, 2.24) is 0 Å². The van der Waals surface area contributed by atoms with Crippen LogP contribution in [-0.4, -0.2) is 0 Å². The standard InChI is InChI=1S/C13H11BrFNO/c14-10-3-1-2-9(6-10)8-17-13-7-11(15)4-5-12(13)16/h1-7H,8,16H2. The van der Waals surface area contributed by atoms with Crippen molar-refractivity contribution in [3.8, 4) is 5.75 Å². The molecule has 88 valence electrons. The van der Waals surface area contributed by atoms with Gasteiger partial charge < -0.3 is 10.5 Å². The summed E-state index contributed by atoms with van der Waals surface area (Å²) in [6.07, 6.45) is 0. The smallest absolute Gasteiger partial charge is 0.145 e. The van der Waals surface area contributed by atoms with E-state index in [9.17, 15) is 4.39 Å². The van der Waals surface area contributed by atoms with Gasteiger partial charge in [0.2, 0.25) is 0 Å². The van der Waals surface area contributed by atoms with E-state index in [0.717, 1.165) is 10.0 Å². The van der Waals surface area contributed by atoms with Crippen molar-refractivity contribution in [2.24, 2.45) is 0 Å². The molecule has 0 amide bonds. The highest BCUT2D eigenvalue weighted by molar-refractivity contribution is 9.10. The Morgan fingerprint density at radius 3 is 2.76 bits per heavy atom. The van der Waals surface area contributed by atoms with Gasteiger partial charge in [-0.05, 0) is 29.8 Å².